The summed E-state index contributed by atoms with van der Waals surface area (Å²) < 4.78 is 9.83. The predicted octanol–water partition coefficient (Wildman–Crippen LogP) is 1.92. The summed E-state index contributed by atoms with van der Waals surface area (Å²) in [5, 5.41) is 0. The summed E-state index contributed by atoms with van der Waals surface area (Å²) in [4.78, 5) is 24.4. The van der Waals surface area contributed by atoms with Crippen molar-refractivity contribution in [2.45, 2.75) is 38.5 Å². The van der Waals surface area contributed by atoms with Crippen molar-refractivity contribution in [3.63, 3.8) is 0 Å². The Morgan fingerprint density at radius 2 is 1.24 bits per heavy atom. The van der Waals surface area contributed by atoms with E-state index in [0.717, 1.165) is 38.5 Å². The van der Waals surface area contributed by atoms with Gasteiger partial charge in [-0.25, -0.2) is 0 Å². The number of methoxy groups -OCH3 is 2. The fraction of sp³-hybridized carbons (Fsp3) is 0.846. The van der Waals surface area contributed by atoms with Crippen molar-refractivity contribution in [1.82, 2.24) is 0 Å². The minimum absolute atomic E-state index is 0.118. The molecule has 0 aromatic rings. The van der Waals surface area contributed by atoms with E-state index in [-0.39, 0.29) is 11.8 Å². The summed E-state index contributed by atoms with van der Waals surface area (Å²) in [6.07, 6.45) is 5.91. The third kappa shape index (κ3) is 1.65. The zero-order valence-electron chi connectivity index (χ0n) is 10.5. The Hall–Kier alpha value is -1.06. The summed E-state index contributed by atoms with van der Waals surface area (Å²) in [6.45, 7) is 0. The molecule has 2 fully saturated rings. The van der Waals surface area contributed by atoms with Gasteiger partial charge in [0.05, 0.1) is 14.2 Å². The molecule has 0 amide bonds. The van der Waals surface area contributed by atoms with Crippen molar-refractivity contribution >= 4 is 11.9 Å². The number of carbonyl (C=O) groups is 2. The number of ether oxygens (including phenoxy) is 2. The van der Waals surface area contributed by atoms with E-state index in [2.05, 4.69) is 0 Å². The van der Waals surface area contributed by atoms with Crippen LogP contribution in [0.15, 0.2) is 0 Å². The second-order valence-electron chi connectivity index (χ2n) is 5.11. The van der Waals surface area contributed by atoms with Gasteiger partial charge in [-0.15, -0.1) is 0 Å². The Labute approximate surface area is 102 Å². The van der Waals surface area contributed by atoms with E-state index in [1.807, 2.05) is 0 Å². The molecule has 2 rings (SSSR count). The third-order valence-corrected chi connectivity index (χ3v) is 4.54. The van der Waals surface area contributed by atoms with E-state index in [4.69, 9.17) is 9.47 Å². The lowest BCUT2D eigenvalue weighted by molar-refractivity contribution is -0.186. The summed E-state index contributed by atoms with van der Waals surface area (Å²) in [7, 11) is 2.72. The van der Waals surface area contributed by atoms with Crippen LogP contribution in [-0.4, -0.2) is 26.2 Å². The van der Waals surface area contributed by atoms with Crippen molar-refractivity contribution in [2.24, 2.45) is 17.3 Å². The van der Waals surface area contributed by atoms with Gasteiger partial charge in [0.2, 0.25) is 0 Å². The summed E-state index contributed by atoms with van der Waals surface area (Å²) in [5.74, 6) is -0.544. The molecule has 0 unspecified atom stereocenters. The number of carbonyl (C=O) groups excluding carboxylic acids is 2. The summed E-state index contributed by atoms with van der Waals surface area (Å²) in [6, 6.07) is 0. The Morgan fingerprint density at radius 1 is 0.882 bits per heavy atom. The van der Waals surface area contributed by atoms with Crippen LogP contribution in [-0.2, 0) is 19.1 Å². The topological polar surface area (TPSA) is 52.6 Å². The van der Waals surface area contributed by atoms with Gasteiger partial charge in [-0.05, 0) is 37.5 Å². The van der Waals surface area contributed by atoms with Gasteiger partial charge in [0.25, 0.3) is 0 Å². The maximum absolute atomic E-state index is 12.2. The maximum Gasteiger partial charge on any atom is 0.323 e. The molecule has 17 heavy (non-hydrogen) atoms. The molecule has 0 heterocycles. The van der Waals surface area contributed by atoms with Crippen LogP contribution in [0.3, 0.4) is 0 Å². The molecule has 0 radical (unpaired) electrons. The highest BCUT2D eigenvalue weighted by Gasteiger charge is 2.61. The number of esters is 2. The second-order valence-corrected chi connectivity index (χ2v) is 5.11. The number of rotatable bonds is 4. The van der Waals surface area contributed by atoms with Gasteiger partial charge in [0, 0.05) is 0 Å². The zero-order valence-corrected chi connectivity index (χ0v) is 10.5. The molecule has 0 aliphatic heterocycles. The average Bonchev–Trinajstić information content (AvgIpc) is 2.20. The fourth-order valence-corrected chi connectivity index (χ4v) is 3.15. The van der Waals surface area contributed by atoms with E-state index in [1.54, 1.807) is 0 Å². The van der Waals surface area contributed by atoms with Gasteiger partial charge >= 0.3 is 11.9 Å². The van der Waals surface area contributed by atoms with Gasteiger partial charge in [-0.2, -0.15) is 0 Å². The van der Waals surface area contributed by atoms with Crippen molar-refractivity contribution in [1.29, 1.82) is 0 Å². The van der Waals surface area contributed by atoms with Crippen LogP contribution >= 0.6 is 0 Å². The first kappa shape index (κ1) is 12.4. The maximum atomic E-state index is 12.2. The Balaban J connectivity index is 2.34. The highest BCUT2D eigenvalue weighted by atomic mass is 16.5. The van der Waals surface area contributed by atoms with Crippen LogP contribution in [0.2, 0.25) is 0 Å². The molecule has 0 aromatic heterocycles. The van der Waals surface area contributed by atoms with E-state index in [1.165, 1.54) is 14.2 Å². The lowest BCUT2D eigenvalue weighted by Gasteiger charge is -2.48. The molecule has 0 saturated heterocycles. The molecule has 0 N–H and O–H groups in total. The van der Waals surface area contributed by atoms with Crippen LogP contribution in [0.5, 0.6) is 0 Å². The Kier molecular flexibility index (Phi) is 3.40. The molecular weight excluding hydrogens is 220 g/mol. The molecule has 2 aliphatic carbocycles. The monoisotopic (exact) mass is 240 g/mol. The first-order valence-corrected chi connectivity index (χ1v) is 6.34. The number of hydrogen-bond donors (Lipinski definition) is 0. The molecular formula is C13H20O4. The third-order valence-electron chi connectivity index (χ3n) is 4.54. The lowest BCUT2D eigenvalue weighted by Crippen LogP contribution is -2.56. The zero-order chi connectivity index (χ0) is 12.5. The summed E-state index contributed by atoms with van der Waals surface area (Å²) >= 11 is 0. The highest BCUT2D eigenvalue weighted by molar-refractivity contribution is 6.01. The van der Waals surface area contributed by atoms with Crippen LogP contribution in [0.25, 0.3) is 0 Å². The highest BCUT2D eigenvalue weighted by Crippen LogP contribution is 2.54. The van der Waals surface area contributed by atoms with Crippen LogP contribution in [0.4, 0.5) is 0 Å². The van der Waals surface area contributed by atoms with Crippen LogP contribution in [0.1, 0.15) is 38.5 Å². The van der Waals surface area contributed by atoms with Gasteiger partial charge in [0.15, 0.2) is 5.41 Å². The molecule has 0 atom stereocenters. The normalized spacial score (nSPS) is 21.3. The Bertz CT molecular complexity index is 283. The van der Waals surface area contributed by atoms with Crippen LogP contribution < -0.4 is 0 Å². The van der Waals surface area contributed by atoms with E-state index < -0.39 is 17.4 Å². The molecule has 4 nitrogen and oxygen atoms in total. The standard InChI is InChI=1S/C13H20O4/c1-16-11(14)13(12(15)17-2,9-5-3-6-9)10-7-4-8-10/h9-10H,3-8H2,1-2H3. The van der Waals surface area contributed by atoms with Gasteiger partial charge in [0.1, 0.15) is 0 Å². The van der Waals surface area contributed by atoms with Gasteiger partial charge in [-0.1, -0.05) is 12.8 Å². The largest absolute Gasteiger partial charge is 0.468 e. The first-order valence-electron chi connectivity index (χ1n) is 6.34. The van der Waals surface area contributed by atoms with Crippen LogP contribution in [0, 0.1) is 17.3 Å². The van der Waals surface area contributed by atoms with Crippen molar-refractivity contribution in [3.05, 3.63) is 0 Å². The van der Waals surface area contributed by atoms with E-state index in [9.17, 15) is 9.59 Å². The minimum Gasteiger partial charge on any atom is -0.468 e. The first-order chi connectivity index (χ1) is 8.17. The average molecular weight is 240 g/mol. The lowest BCUT2D eigenvalue weighted by atomic mass is 9.54. The molecule has 0 spiro atoms. The number of hydrogen-bond acceptors (Lipinski definition) is 4. The van der Waals surface area contributed by atoms with Crippen molar-refractivity contribution in [2.75, 3.05) is 14.2 Å². The molecule has 2 saturated carbocycles. The quantitative estimate of drug-likeness (QED) is 0.556. The molecule has 0 aromatic carbocycles. The summed E-state index contributed by atoms with van der Waals surface area (Å²) in [5.41, 5.74) is -1.01. The minimum atomic E-state index is -1.01. The SMILES string of the molecule is COC(=O)C(C(=O)OC)(C1CCC1)C1CCC1. The fourth-order valence-electron chi connectivity index (χ4n) is 3.15. The van der Waals surface area contributed by atoms with Gasteiger partial charge in [-0.3, -0.25) is 9.59 Å². The van der Waals surface area contributed by atoms with Crippen molar-refractivity contribution in [3.8, 4) is 0 Å². The van der Waals surface area contributed by atoms with E-state index >= 15 is 0 Å². The smallest absolute Gasteiger partial charge is 0.323 e. The van der Waals surface area contributed by atoms with Gasteiger partial charge < -0.3 is 9.47 Å². The molecule has 96 valence electrons. The molecule has 4 heteroatoms. The second kappa shape index (κ2) is 4.67. The Morgan fingerprint density at radius 3 is 1.41 bits per heavy atom. The molecule has 2 aliphatic rings. The van der Waals surface area contributed by atoms with Crippen molar-refractivity contribution < 1.29 is 19.1 Å². The van der Waals surface area contributed by atoms with E-state index in [0.29, 0.717) is 0 Å². The molecule has 0 bridgehead atoms. The predicted molar refractivity (Wildman–Crippen MR) is 61.1 cm³/mol.